The zero-order valence-electron chi connectivity index (χ0n) is 9.40. The van der Waals surface area contributed by atoms with Crippen molar-refractivity contribution in [3.8, 4) is 0 Å². The molecule has 0 aromatic carbocycles. The van der Waals surface area contributed by atoms with Gasteiger partial charge in [-0.25, -0.2) is 4.98 Å². The molecule has 0 saturated carbocycles. The van der Waals surface area contributed by atoms with Gasteiger partial charge in [-0.3, -0.25) is 9.48 Å². The number of nitrogens with one attached hydrogen (secondary N) is 1. The Morgan fingerprint density at radius 3 is 2.94 bits per heavy atom. The third-order valence-corrected chi connectivity index (χ3v) is 4.27. The summed E-state index contributed by atoms with van der Waals surface area (Å²) in [5.41, 5.74) is 1.07. The SMILES string of the molecule is Cc1cc(C(=O)NCc2ncn(C)n2)sc1Br. The van der Waals surface area contributed by atoms with Crippen LogP contribution in [0.5, 0.6) is 0 Å². The molecule has 0 saturated heterocycles. The number of carbonyl (C=O) groups excluding carboxylic acids is 1. The Kier molecular flexibility index (Phi) is 3.58. The number of amides is 1. The number of carbonyl (C=O) groups is 1. The van der Waals surface area contributed by atoms with Crippen LogP contribution in [0.2, 0.25) is 0 Å². The van der Waals surface area contributed by atoms with Gasteiger partial charge in [-0.2, -0.15) is 5.10 Å². The van der Waals surface area contributed by atoms with Crippen LogP contribution in [-0.4, -0.2) is 20.7 Å². The summed E-state index contributed by atoms with van der Waals surface area (Å²) in [4.78, 5) is 16.5. The van der Waals surface area contributed by atoms with Gasteiger partial charge in [0.1, 0.15) is 6.33 Å². The van der Waals surface area contributed by atoms with Crippen molar-refractivity contribution in [1.82, 2.24) is 20.1 Å². The van der Waals surface area contributed by atoms with Crippen LogP contribution in [0.25, 0.3) is 0 Å². The van der Waals surface area contributed by atoms with Gasteiger partial charge in [0, 0.05) is 7.05 Å². The van der Waals surface area contributed by atoms with Crippen LogP contribution in [-0.2, 0) is 13.6 Å². The summed E-state index contributed by atoms with van der Waals surface area (Å²) >= 11 is 4.82. The monoisotopic (exact) mass is 314 g/mol. The van der Waals surface area contributed by atoms with Crippen molar-refractivity contribution < 1.29 is 4.79 Å². The Morgan fingerprint density at radius 1 is 1.65 bits per heavy atom. The predicted molar refractivity (Wildman–Crippen MR) is 68.9 cm³/mol. The normalized spacial score (nSPS) is 10.5. The molecular weight excluding hydrogens is 304 g/mol. The minimum Gasteiger partial charge on any atom is -0.344 e. The summed E-state index contributed by atoms with van der Waals surface area (Å²) in [6, 6.07) is 1.86. The number of thiophene rings is 1. The number of hydrogen-bond donors (Lipinski definition) is 1. The standard InChI is InChI=1S/C10H11BrN4OS/c1-6-3-7(17-9(6)11)10(16)12-4-8-13-5-15(2)14-8/h3,5H,4H2,1-2H3,(H,12,16). The minimum atomic E-state index is -0.101. The van der Waals surface area contributed by atoms with Gasteiger partial charge >= 0.3 is 0 Å². The average molecular weight is 315 g/mol. The number of aryl methyl sites for hydroxylation is 2. The lowest BCUT2D eigenvalue weighted by Gasteiger charge is -1.99. The first-order valence-corrected chi connectivity index (χ1v) is 6.56. The highest BCUT2D eigenvalue weighted by molar-refractivity contribution is 9.11. The summed E-state index contributed by atoms with van der Waals surface area (Å²) in [5.74, 6) is 0.504. The molecule has 17 heavy (non-hydrogen) atoms. The Bertz CT molecular complexity index is 529. The first kappa shape index (κ1) is 12.3. The molecule has 0 aliphatic carbocycles. The van der Waals surface area contributed by atoms with Gasteiger partial charge in [0.25, 0.3) is 5.91 Å². The molecule has 2 aromatic rings. The molecule has 2 aromatic heterocycles. The predicted octanol–water partition coefficient (Wildman–Crippen LogP) is 1.88. The molecule has 2 rings (SSSR count). The Hall–Kier alpha value is -1.21. The van der Waals surface area contributed by atoms with E-state index in [0.717, 1.165) is 9.35 Å². The van der Waals surface area contributed by atoms with Crippen LogP contribution in [0, 0.1) is 6.92 Å². The maximum Gasteiger partial charge on any atom is 0.261 e. The molecule has 0 radical (unpaired) electrons. The van der Waals surface area contributed by atoms with Gasteiger partial charge in [-0.1, -0.05) is 0 Å². The van der Waals surface area contributed by atoms with Crippen LogP contribution in [0.4, 0.5) is 0 Å². The number of nitrogens with zero attached hydrogens (tertiary/aromatic N) is 3. The largest absolute Gasteiger partial charge is 0.344 e. The van der Waals surface area contributed by atoms with E-state index in [9.17, 15) is 4.79 Å². The molecule has 0 atom stereocenters. The van der Waals surface area contributed by atoms with Gasteiger partial charge in [-0.05, 0) is 34.5 Å². The summed E-state index contributed by atoms with van der Waals surface area (Å²) in [7, 11) is 1.79. The zero-order chi connectivity index (χ0) is 12.4. The fourth-order valence-corrected chi connectivity index (χ4v) is 2.73. The van der Waals surface area contributed by atoms with Gasteiger partial charge in [-0.15, -0.1) is 11.3 Å². The fraction of sp³-hybridized carbons (Fsp3) is 0.300. The second kappa shape index (κ2) is 4.97. The Morgan fingerprint density at radius 2 is 2.41 bits per heavy atom. The third kappa shape index (κ3) is 2.92. The highest BCUT2D eigenvalue weighted by atomic mass is 79.9. The first-order valence-electron chi connectivity index (χ1n) is 4.95. The number of rotatable bonds is 3. The van der Waals surface area contributed by atoms with Gasteiger partial charge in [0.2, 0.25) is 0 Å². The smallest absolute Gasteiger partial charge is 0.261 e. The number of aromatic nitrogens is 3. The second-order valence-electron chi connectivity index (χ2n) is 3.58. The van der Waals surface area contributed by atoms with Crippen molar-refractivity contribution in [3.05, 3.63) is 32.4 Å². The lowest BCUT2D eigenvalue weighted by atomic mass is 10.3. The third-order valence-electron chi connectivity index (χ3n) is 2.14. The Balaban J connectivity index is 1.98. The number of hydrogen-bond acceptors (Lipinski definition) is 4. The molecule has 1 amide bonds. The molecule has 2 heterocycles. The molecule has 0 aliphatic rings. The van der Waals surface area contributed by atoms with Crippen LogP contribution >= 0.6 is 27.3 Å². The van der Waals surface area contributed by atoms with Crippen LogP contribution in [0.1, 0.15) is 21.1 Å². The molecule has 0 unspecified atom stereocenters. The molecule has 90 valence electrons. The molecule has 5 nitrogen and oxygen atoms in total. The van der Waals surface area contributed by atoms with Crippen molar-refractivity contribution in [2.75, 3.05) is 0 Å². The van der Waals surface area contributed by atoms with E-state index in [1.54, 1.807) is 18.1 Å². The van der Waals surface area contributed by atoms with Gasteiger partial charge in [0.15, 0.2) is 5.82 Å². The highest BCUT2D eigenvalue weighted by Crippen LogP contribution is 2.27. The molecule has 0 fully saturated rings. The summed E-state index contributed by atoms with van der Waals surface area (Å²) in [6.07, 6.45) is 1.60. The van der Waals surface area contributed by atoms with Crippen LogP contribution in [0.15, 0.2) is 16.2 Å². The van der Waals surface area contributed by atoms with Crippen molar-refractivity contribution in [3.63, 3.8) is 0 Å². The lowest BCUT2D eigenvalue weighted by molar-refractivity contribution is 0.0954. The second-order valence-corrected chi connectivity index (χ2v) is 5.95. The average Bonchev–Trinajstić information content (AvgIpc) is 2.83. The van der Waals surface area contributed by atoms with E-state index in [1.165, 1.54) is 11.3 Å². The Labute approximate surface area is 111 Å². The number of halogens is 1. The quantitative estimate of drug-likeness (QED) is 0.941. The summed E-state index contributed by atoms with van der Waals surface area (Å²) in [5, 5.41) is 6.87. The lowest BCUT2D eigenvalue weighted by Crippen LogP contribution is -2.22. The zero-order valence-corrected chi connectivity index (χ0v) is 11.8. The highest BCUT2D eigenvalue weighted by Gasteiger charge is 2.11. The molecule has 0 bridgehead atoms. The van der Waals surface area contributed by atoms with Crippen molar-refractivity contribution in [2.24, 2.45) is 7.05 Å². The van der Waals surface area contributed by atoms with E-state index in [1.807, 2.05) is 13.0 Å². The van der Waals surface area contributed by atoms with E-state index in [0.29, 0.717) is 17.2 Å². The van der Waals surface area contributed by atoms with Crippen molar-refractivity contribution in [2.45, 2.75) is 13.5 Å². The van der Waals surface area contributed by atoms with Gasteiger partial charge < -0.3 is 5.32 Å². The van der Waals surface area contributed by atoms with E-state index in [2.05, 4.69) is 31.3 Å². The van der Waals surface area contributed by atoms with Crippen LogP contribution < -0.4 is 5.32 Å². The topological polar surface area (TPSA) is 59.8 Å². The molecular formula is C10H11BrN4OS. The van der Waals surface area contributed by atoms with E-state index < -0.39 is 0 Å². The van der Waals surface area contributed by atoms with Crippen LogP contribution in [0.3, 0.4) is 0 Å². The van der Waals surface area contributed by atoms with Crippen molar-refractivity contribution >= 4 is 33.2 Å². The molecule has 1 N–H and O–H groups in total. The maximum atomic E-state index is 11.8. The summed E-state index contributed by atoms with van der Waals surface area (Å²) < 4.78 is 2.59. The minimum absolute atomic E-state index is 0.101. The summed E-state index contributed by atoms with van der Waals surface area (Å²) in [6.45, 7) is 2.30. The van der Waals surface area contributed by atoms with E-state index in [4.69, 9.17) is 0 Å². The molecule has 0 spiro atoms. The van der Waals surface area contributed by atoms with E-state index in [-0.39, 0.29) is 5.91 Å². The first-order chi connectivity index (χ1) is 8.06. The molecule has 0 aliphatic heterocycles. The fourth-order valence-electron chi connectivity index (χ4n) is 1.28. The molecule has 7 heteroatoms. The maximum absolute atomic E-state index is 11.8. The van der Waals surface area contributed by atoms with E-state index >= 15 is 0 Å². The van der Waals surface area contributed by atoms with Crippen molar-refractivity contribution in [1.29, 1.82) is 0 Å². The van der Waals surface area contributed by atoms with Gasteiger partial charge in [0.05, 0.1) is 15.2 Å².